The Kier molecular flexibility index (Phi) is 26.3. The summed E-state index contributed by atoms with van der Waals surface area (Å²) in [6, 6.07) is 0. The molecule has 0 aromatic heterocycles. The molecular weight excluding hydrogens is 468 g/mol. The Hall–Kier alpha value is -1.59. The Balaban J connectivity index is 4.29. The van der Waals surface area contributed by atoms with Gasteiger partial charge in [-0.2, -0.15) is 0 Å². The zero-order valence-electron chi connectivity index (χ0n) is 24.5. The third-order valence-corrected chi connectivity index (χ3v) is 6.61. The van der Waals surface area contributed by atoms with Crippen molar-refractivity contribution in [2.45, 2.75) is 168 Å². The van der Waals surface area contributed by atoms with Gasteiger partial charge in [-0.3, -0.25) is 14.4 Å². The van der Waals surface area contributed by atoms with Crippen LogP contribution in [0, 0.1) is 0 Å². The quantitative estimate of drug-likeness (QED) is 0.0605. The van der Waals surface area contributed by atoms with Crippen LogP contribution >= 0.6 is 0 Å². The highest BCUT2D eigenvalue weighted by Crippen LogP contribution is 2.12. The molecule has 0 fully saturated rings. The summed E-state index contributed by atoms with van der Waals surface area (Å²) in [5.74, 6) is -0.906. The average Bonchev–Trinajstić information content (AvgIpc) is 2.89. The maximum atomic E-state index is 12.3. The molecule has 0 saturated carbocycles. The first-order chi connectivity index (χ1) is 18.0. The summed E-state index contributed by atoms with van der Waals surface area (Å²) in [6.07, 6.45) is 21.5. The van der Waals surface area contributed by atoms with Gasteiger partial charge in [-0.1, -0.05) is 124 Å². The zero-order valence-corrected chi connectivity index (χ0v) is 24.5. The van der Waals surface area contributed by atoms with Crippen molar-refractivity contribution < 1.29 is 28.6 Å². The van der Waals surface area contributed by atoms with Crippen LogP contribution in [0.25, 0.3) is 0 Å². The number of hydrogen-bond acceptors (Lipinski definition) is 6. The summed E-state index contributed by atoms with van der Waals surface area (Å²) in [5.41, 5.74) is 0. The lowest BCUT2D eigenvalue weighted by molar-refractivity contribution is -0.167. The number of carbonyl (C=O) groups is 3. The standard InChI is InChI=1S/C31H58O6/c1-4-7-10-13-14-15-16-19-21-24-30(33)36-27-28(37-31(34)25-22-18-12-9-6-3)26-35-29(32)23-20-17-11-8-5-2/h28H,4-27H2,1-3H3/t28-/m1/s1. The normalized spacial score (nSPS) is 11.8. The van der Waals surface area contributed by atoms with E-state index in [1.807, 2.05) is 0 Å². The Morgan fingerprint density at radius 2 is 0.730 bits per heavy atom. The molecule has 218 valence electrons. The van der Waals surface area contributed by atoms with Gasteiger partial charge in [-0.15, -0.1) is 0 Å². The molecule has 0 aliphatic heterocycles. The number of hydrogen-bond donors (Lipinski definition) is 0. The van der Waals surface area contributed by atoms with Crippen molar-refractivity contribution in [3.63, 3.8) is 0 Å². The molecule has 6 heteroatoms. The van der Waals surface area contributed by atoms with Gasteiger partial charge in [0.25, 0.3) is 0 Å². The van der Waals surface area contributed by atoms with Gasteiger partial charge in [0.1, 0.15) is 13.2 Å². The maximum Gasteiger partial charge on any atom is 0.306 e. The minimum atomic E-state index is -0.751. The Labute approximate surface area is 228 Å². The first-order valence-electron chi connectivity index (χ1n) is 15.5. The first-order valence-corrected chi connectivity index (χ1v) is 15.5. The Morgan fingerprint density at radius 1 is 0.432 bits per heavy atom. The largest absolute Gasteiger partial charge is 0.462 e. The fraction of sp³-hybridized carbons (Fsp3) is 0.903. The van der Waals surface area contributed by atoms with Crippen LogP contribution in [0.3, 0.4) is 0 Å². The number of esters is 3. The predicted molar refractivity (Wildman–Crippen MR) is 150 cm³/mol. The van der Waals surface area contributed by atoms with Crippen LogP contribution in [0.1, 0.15) is 162 Å². The van der Waals surface area contributed by atoms with Gasteiger partial charge in [0, 0.05) is 19.3 Å². The molecule has 0 N–H and O–H groups in total. The maximum absolute atomic E-state index is 12.3. The summed E-state index contributed by atoms with van der Waals surface area (Å²) in [5, 5.41) is 0. The highest BCUT2D eigenvalue weighted by atomic mass is 16.6. The molecule has 0 unspecified atom stereocenters. The van der Waals surface area contributed by atoms with Crippen molar-refractivity contribution in [2.24, 2.45) is 0 Å². The van der Waals surface area contributed by atoms with E-state index in [0.717, 1.165) is 70.6 Å². The number of ether oxygens (including phenoxy) is 3. The molecule has 0 aromatic carbocycles. The lowest BCUT2D eigenvalue weighted by atomic mass is 10.1. The lowest BCUT2D eigenvalue weighted by Crippen LogP contribution is -2.30. The van der Waals surface area contributed by atoms with Crippen LogP contribution in [0.4, 0.5) is 0 Å². The SMILES string of the molecule is CCCCCCCCCCCC(=O)OC[C@@H](COC(=O)CCCCCCC)OC(=O)CCCCCCC. The number of unbranched alkanes of at least 4 members (excludes halogenated alkanes) is 16. The molecule has 1 atom stereocenters. The van der Waals surface area contributed by atoms with E-state index in [-0.39, 0.29) is 31.1 Å². The summed E-state index contributed by atoms with van der Waals surface area (Å²) in [4.78, 5) is 36.6. The van der Waals surface area contributed by atoms with E-state index >= 15 is 0 Å². The van der Waals surface area contributed by atoms with Crippen molar-refractivity contribution in [1.29, 1.82) is 0 Å². The van der Waals surface area contributed by atoms with E-state index in [9.17, 15) is 14.4 Å². The second-order valence-corrected chi connectivity index (χ2v) is 10.4. The minimum absolute atomic E-state index is 0.0678. The smallest absolute Gasteiger partial charge is 0.306 e. The van der Waals surface area contributed by atoms with Crippen LogP contribution in [0.5, 0.6) is 0 Å². The van der Waals surface area contributed by atoms with Crippen molar-refractivity contribution >= 4 is 17.9 Å². The fourth-order valence-corrected chi connectivity index (χ4v) is 4.20. The van der Waals surface area contributed by atoms with Crippen LogP contribution in [-0.2, 0) is 28.6 Å². The molecule has 6 nitrogen and oxygen atoms in total. The molecule has 0 aliphatic rings. The van der Waals surface area contributed by atoms with Gasteiger partial charge < -0.3 is 14.2 Å². The van der Waals surface area contributed by atoms with Gasteiger partial charge in [0.2, 0.25) is 0 Å². The lowest BCUT2D eigenvalue weighted by Gasteiger charge is -2.18. The molecule has 0 heterocycles. The van der Waals surface area contributed by atoms with Crippen molar-refractivity contribution in [2.75, 3.05) is 13.2 Å². The summed E-state index contributed by atoms with van der Waals surface area (Å²) >= 11 is 0. The monoisotopic (exact) mass is 526 g/mol. The highest BCUT2D eigenvalue weighted by Gasteiger charge is 2.19. The second kappa shape index (κ2) is 27.4. The zero-order chi connectivity index (χ0) is 27.4. The Bertz CT molecular complexity index is 548. The number of rotatable bonds is 27. The first kappa shape index (κ1) is 35.4. The highest BCUT2D eigenvalue weighted by molar-refractivity contribution is 5.71. The second-order valence-electron chi connectivity index (χ2n) is 10.4. The molecular formula is C31H58O6. The fourth-order valence-electron chi connectivity index (χ4n) is 4.20. The van der Waals surface area contributed by atoms with E-state index in [1.165, 1.54) is 51.4 Å². The van der Waals surface area contributed by atoms with Gasteiger partial charge in [-0.25, -0.2) is 0 Å². The summed E-state index contributed by atoms with van der Waals surface area (Å²) in [6.45, 7) is 6.40. The molecule has 0 aliphatic carbocycles. The van der Waals surface area contributed by atoms with E-state index in [0.29, 0.717) is 19.3 Å². The minimum Gasteiger partial charge on any atom is -0.462 e. The van der Waals surface area contributed by atoms with Gasteiger partial charge >= 0.3 is 17.9 Å². The van der Waals surface area contributed by atoms with E-state index in [1.54, 1.807) is 0 Å². The average molecular weight is 527 g/mol. The van der Waals surface area contributed by atoms with E-state index < -0.39 is 6.10 Å². The van der Waals surface area contributed by atoms with Gasteiger partial charge in [0.15, 0.2) is 6.10 Å². The molecule has 0 spiro atoms. The van der Waals surface area contributed by atoms with Gasteiger partial charge in [-0.05, 0) is 19.3 Å². The van der Waals surface area contributed by atoms with Crippen LogP contribution < -0.4 is 0 Å². The number of carbonyl (C=O) groups excluding carboxylic acids is 3. The third-order valence-electron chi connectivity index (χ3n) is 6.61. The molecule has 37 heavy (non-hydrogen) atoms. The predicted octanol–water partition coefficient (Wildman–Crippen LogP) is 8.63. The van der Waals surface area contributed by atoms with Crippen molar-refractivity contribution in [1.82, 2.24) is 0 Å². The van der Waals surface area contributed by atoms with Crippen molar-refractivity contribution in [3.8, 4) is 0 Å². The molecule has 0 aromatic rings. The van der Waals surface area contributed by atoms with Crippen LogP contribution in [0.15, 0.2) is 0 Å². The third kappa shape index (κ3) is 25.8. The summed E-state index contributed by atoms with van der Waals surface area (Å²) in [7, 11) is 0. The molecule has 0 bridgehead atoms. The van der Waals surface area contributed by atoms with Gasteiger partial charge in [0.05, 0.1) is 0 Å². The van der Waals surface area contributed by atoms with Crippen LogP contribution in [0.2, 0.25) is 0 Å². The topological polar surface area (TPSA) is 78.9 Å². The molecule has 0 amide bonds. The molecule has 0 rings (SSSR count). The van der Waals surface area contributed by atoms with E-state index in [4.69, 9.17) is 14.2 Å². The van der Waals surface area contributed by atoms with Crippen molar-refractivity contribution in [3.05, 3.63) is 0 Å². The van der Waals surface area contributed by atoms with E-state index in [2.05, 4.69) is 20.8 Å². The van der Waals surface area contributed by atoms with Crippen LogP contribution in [-0.4, -0.2) is 37.2 Å². The Morgan fingerprint density at radius 3 is 1.08 bits per heavy atom. The molecule has 0 saturated heterocycles. The summed E-state index contributed by atoms with van der Waals surface area (Å²) < 4.78 is 16.3. The molecule has 0 radical (unpaired) electrons.